The van der Waals surface area contributed by atoms with Crippen LogP contribution in [0.2, 0.25) is 0 Å². The highest BCUT2D eigenvalue weighted by molar-refractivity contribution is 8.18. The van der Waals surface area contributed by atoms with E-state index in [-0.39, 0.29) is 5.91 Å². The van der Waals surface area contributed by atoms with E-state index >= 15 is 0 Å². The van der Waals surface area contributed by atoms with E-state index in [4.69, 9.17) is 10.00 Å². The molecule has 0 radical (unpaired) electrons. The van der Waals surface area contributed by atoms with Gasteiger partial charge in [0.25, 0.3) is 5.91 Å². The number of hydrogen-bond donors (Lipinski definition) is 1. The van der Waals surface area contributed by atoms with Crippen LogP contribution < -0.4 is 10.1 Å². The monoisotopic (exact) mass is 425 g/mol. The van der Waals surface area contributed by atoms with Gasteiger partial charge in [0.1, 0.15) is 12.4 Å². The molecule has 0 aromatic heterocycles. The van der Waals surface area contributed by atoms with Gasteiger partial charge in [-0.2, -0.15) is 5.26 Å². The normalized spacial score (nSPS) is 15.7. The zero-order chi connectivity index (χ0) is 21.6. The second-order valence-electron chi connectivity index (χ2n) is 6.94. The Hall–Kier alpha value is -3.82. The van der Waals surface area contributed by atoms with Gasteiger partial charge in [-0.15, -0.1) is 0 Å². The predicted molar refractivity (Wildman–Crippen MR) is 124 cm³/mol. The smallest absolute Gasteiger partial charge is 0.264 e. The first-order valence-corrected chi connectivity index (χ1v) is 10.5. The van der Waals surface area contributed by atoms with Crippen molar-refractivity contribution in [3.8, 4) is 11.8 Å². The lowest BCUT2D eigenvalue weighted by Gasteiger charge is -2.07. The highest BCUT2D eigenvalue weighted by Gasteiger charge is 2.23. The molecule has 3 aromatic carbocycles. The minimum absolute atomic E-state index is 0.163. The summed E-state index contributed by atoms with van der Waals surface area (Å²) in [6.07, 6.45) is 1.83. The molecule has 152 valence electrons. The fourth-order valence-electron chi connectivity index (χ4n) is 2.95. The predicted octanol–water partition coefficient (Wildman–Crippen LogP) is 5.34. The highest BCUT2D eigenvalue weighted by Crippen LogP contribution is 2.28. The fraction of sp³-hybridized carbons (Fsp3) is 0.0800. The van der Waals surface area contributed by atoms with Crippen LogP contribution in [0.15, 0.2) is 82.7 Å². The summed E-state index contributed by atoms with van der Waals surface area (Å²) in [5.74, 6) is 0.532. The molecular formula is C25H19N3O2S. The molecule has 3 aromatic rings. The van der Waals surface area contributed by atoms with Crippen molar-refractivity contribution in [2.75, 3.05) is 0 Å². The molecule has 1 heterocycles. The van der Waals surface area contributed by atoms with Crippen molar-refractivity contribution in [1.29, 1.82) is 5.26 Å². The molecule has 0 unspecified atom stereocenters. The maximum Gasteiger partial charge on any atom is 0.264 e. The standard InChI is InChI=1S/C25H19N3O2S/c1-17-6-10-21(11-7-17)27-25-28-24(29)23(31-25)14-18-8-12-22(13-9-18)30-16-20-5-3-2-4-19(20)15-26/h2-14H,16H2,1H3,(H,27,28,29)/b23-14-. The van der Waals surface area contributed by atoms with Crippen LogP contribution in [0, 0.1) is 18.3 Å². The van der Waals surface area contributed by atoms with Crippen molar-refractivity contribution in [3.05, 3.63) is 100.0 Å². The number of nitrogens with one attached hydrogen (secondary N) is 1. The van der Waals surface area contributed by atoms with Gasteiger partial charge >= 0.3 is 0 Å². The van der Waals surface area contributed by atoms with Gasteiger partial charge in [-0.1, -0.05) is 48.0 Å². The van der Waals surface area contributed by atoms with Gasteiger partial charge in [0.15, 0.2) is 5.17 Å². The van der Waals surface area contributed by atoms with Crippen LogP contribution in [0.1, 0.15) is 22.3 Å². The number of amides is 1. The van der Waals surface area contributed by atoms with E-state index in [1.54, 1.807) is 6.07 Å². The Bertz CT molecular complexity index is 1210. The van der Waals surface area contributed by atoms with Crippen molar-refractivity contribution in [2.24, 2.45) is 4.99 Å². The van der Waals surface area contributed by atoms with Gasteiger partial charge < -0.3 is 10.1 Å². The van der Waals surface area contributed by atoms with Gasteiger partial charge in [-0.05, 0) is 60.7 Å². The van der Waals surface area contributed by atoms with Crippen molar-refractivity contribution in [2.45, 2.75) is 13.5 Å². The van der Waals surface area contributed by atoms with Gasteiger partial charge in [-0.3, -0.25) is 4.79 Å². The minimum atomic E-state index is -0.163. The molecule has 1 amide bonds. The quantitative estimate of drug-likeness (QED) is 0.560. The molecule has 0 bridgehead atoms. The first-order chi connectivity index (χ1) is 15.1. The Kier molecular flexibility index (Phi) is 6.16. The molecule has 1 fully saturated rings. The summed E-state index contributed by atoms with van der Waals surface area (Å²) in [6.45, 7) is 2.34. The van der Waals surface area contributed by atoms with Crippen LogP contribution in [0.25, 0.3) is 6.08 Å². The fourth-order valence-corrected chi connectivity index (χ4v) is 3.79. The summed E-state index contributed by atoms with van der Waals surface area (Å²) in [5.41, 5.74) is 4.30. The molecule has 1 saturated heterocycles. The summed E-state index contributed by atoms with van der Waals surface area (Å²) in [7, 11) is 0. The summed E-state index contributed by atoms with van der Waals surface area (Å²) >= 11 is 1.32. The lowest BCUT2D eigenvalue weighted by Crippen LogP contribution is -2.19. The van der Waals surface area contributed by atoms with Crippen LogP contribution in [0.5, 0.6) is 5.75 Å². The number of nitriles is 1. The summed E-state index contributed by atoms with van der Waals surface area (Å²) in [6, 6.07) is 24.8. The molecule has 5 nitrogen and oxygen atoms in total. The van der Waals surface area contributed by atoms with Crippen molar-refractivity contribution in [1.82, 2.24) is 5.32 Å². The highest BCUT2D eigenvalue weighted by atomic mass is 32.2. The summed E-state index contributed by atoms with van der Waals surface area (Å²) in [5, 5.41) is 12.5. The number of hydrogen-bond acceptors (Lipinski definition) is 5. The molecule has 1 aliphatic rings. The number of carbonyl (C=O) groups excluding carboxylic acids is 1. The number of rotatable bonds is 5. The van der Waals surface area contributed by atoms with E-state index in [2.05, 4.69) is 16.4 Å². The third-order valence-electron chi connectivity index (χ3n) is 4.63. The average molecular weight is 426 g/mol. The van der Waals surface area contributed by atoms with Gasteiger partial charge in [0.2, 0.25) is 0 Å². The third-order valence-corrected chi connectivity index (χ3v) is 5.54. The molecule has 6 heteroatoms. The van der Waals surface area contributed by atoms with E-state index in [9.17, 15) is 4.79 Å². The Labute approximate surface area is 185 Å². The van der Waals surface area contributed by atoms with E-state index in [1.165, 1.54) is 11.8 Å². The Morgan fingerprint density at radius 3 is 2.55 bits per heavy atom. The number of amidine groups is 1. The molecular weight excluding hydrogens is 406 g/mol. The Morgan fingerprint density at radius 2 is 1.81 bits per heavy atom. The van der Waals surface area contributed by atoms with Crippen LogP contribution >= 0.6 is 11.8 Å². The Balaban J connectivity index is 1.41. The van der Waals surface area contributed by atoms with Gasteiger partial charge in [-0.25, -0.2) is 4.99 Å². The van der Waals surface area contributed by atoms with Crippen molar-refractivity contribution < 1.29 is 9.53 Å². The zero-order valence-corrected chi connectivity index (χ0v) is 17.6. The number of carbonyl (C=O) groups is 1. The average Bonchev–Trinajstić information content (AvgIpc) is 3.13. The molecule has 31 heavy (non-hydrogen) atoms. The van der Waals surface area contributed by atoms with Crippen LogP contribution in [-0.4, -0.2) is 11.1 Å². The molecule has 4 rings (SSSR count). The largest absolute Gasteiger partial charge is 0.489 e. The third kappa shape index (κ3) is 5.21. The molecule has 1 N–H and O–H groups in total. The van der Waals surface area contributed by atoms with Crippen LogP contribution in [-0.2, 0) is 11.4 Å². The minimum Gasteiger partial charge on any atom is -0.489 e. The molecule has 0 atom stereocenters. The van der Waals surface area contributed by atoms with E-state index in [0.29, 0.717) is 28.0 Å². The van der Waals surface area contributed by atoms with Gasteiger partial charge in [0.05, 0.1) is 22.2 Å². The maximum atomic E-state index is 12.3. The summed E-state index contributed by atoms with van der Waals surface area (Å²) in [4.78, 5) is 17.4. The second-order valence-corrected chi connectivity index (χ2v) is 7.97. The lowest BCUT2D eigenvalue weighted by atomic mass is 10.1. The van der Waals surface area contributed by atoms with Crippen molar-refractivity contribution in [3.63, 3.8) is 0 Å². The zero-order valence-electron chi connectivity index (χ0n) is 16.8. The first kappa shape index (κ1) is 20.5. The number of thioether (sulfide) groups is 1. The molecule has 1 aliphatic heterocycles. The number of benzene rings is 3. The Morgan fingerprint density at radius 1 is 1.06 bits per heavy atom. The van der Waals surface area contributed by atoms with Gasteiger partial charge in [0, 0.05) is 5.56 Å². The molecule has 0 aliphatic carbocycles. The van der Waals surface area contributed by atoms with E-state index < -0.39 is 0 Å². The van der Waals surface area contributed by atoms with E-state index in [0.717, 1.165) is 22.4 Å². The van der Waals surface area contributed by atoms with Crippen molar-refractivity contribution >= 4 is 34.6 Å². The second kappa shape index (κ2) is 9.33. The number of nitrogens with zero attached hydrogens (tertiary/aromatic N) is 2. The number of ether oxygens (including phenoxy) is 1. The van der Waals surface area contributed by atoms with Crippen LogP contribution in [0.4, 0.5) is 5.69 Å². The summed E-state index contributed by atoms with van der Waals surface area (Å²) < 4.78 is 5.80. The first-order valence-electron chi connectivity index (χ1n) is 9.68. The lowest BCUT2D eigenvalue weighted by molar-refractivity contribution is -0.115. The molecule has 0 saturated carbocycles. The number of aliphatic imine (C=N–C) groups is 1. The SMILES string of the molecule is Cc1ccc(N=C2NC(=O)/C(=C/c3ccc(OCc4ccccc4C#N)cc3)S2)cc1. The number of aryl methyl sites for hydroxylation is 1. The van der Waals surface area contributed by atoms with E-state index in [1.807, 2.05) is 79.7 Å². The van der Waals surface area contributed by atoms with Crippen LogP contribution in [0.3, 0.4) is 0 Å². The topological polar surface area (TPSA) is 74.5 Å². The molecule has 0 spiro atoms. The maximum absolute atomic E-state index is 12.3.